The van der Waals surface area contributed by atoms with Gasteiger partial charge in [0, 0.05) is 6.54 Å². The number of rotatable bonds is 5. The summed E-state index contributed by atoms with van der Waals surface area (Å²) in [7, 11) is 0. The van der Waals surface area contributed by atoms with Gasteiger partial charge in [0.1, 0.15) is 0 Å². The number of carboxylic acid groups (broad SMARTS) is 1. The molecule has 0 heterocycles. The summed E-state index contributed by atoms with van der Waals surface area (Å²) in [5.74, 6) is -0.837. The molecule has 2 N–H and O–H groups in total. The summed E-state index contributed by atoms with van der Waals surface area (Å²) in [5.41, 5.74) is 3.43. The molecule has 0 aliphatic heterocycles. The van der Waals surface area contributed by atoms with E-state index in [1.54, 1.807) is 0 Å². The number of aliphatic carboxylic acids is 1. The van der Waals surface area contributed by atoms with Gasteiger partial charge in [-0.1, -0.05) is 54.6 Å². The molecule has 0 aromatic heterocycles. The van der Waals surface area contributed by atoms with E-state index in [2.05, 4.69) is 17.4 Å². The molecular weight excluding hydrogens is 262 g/mol. The van der Waals surface area contributed by atoms with Gasteiger partial charge in [-0.15, -0.1) is 12.4 Å². The Kier molecular flexibility index (Phi) is 6.06. The van der Waals surface area contributed by atoms with Crippen LogP contribution < -0.4 is 5.32 Å². The van der Waals surface area contributed by atoms with Crippen LogP contribution in [0.1, 0.15) is 5.56 Å². The number of carboxylic acids is 1. The number of carbonyl (C=O) groups is 1. The third kappa shape index (κ3) is 4.73. The molecule has 3 nitrogen and oxygen atoms in total. The van der Waals surface area contributed by atoms with Gasteiger partial charge in [-0.25, -0.2) is 0 Å². The van der Waals surface area contributed by atoms with Crippen molar-refractivity contribution in [1.82, 2.24) is 5.32 Å². The maximum Gasteiger partial charge on any atom is 0.317 e. The van der Waals surface area contributed by atoms with E-state index in [0.717, 1.165) is 11.1 Å². The van der Waals surface area contributed by atoms with Gasteiger partial charge in [0.2, 0.25) is 0 Å². The van der Waals surface area contributed by atoms with Crippen molar-refractivity contribution in [3.05, 3.63) is 60.2 Å². The number of benzene rings is 2. The molecule has 4 heteroatoms. The Morgan fingerprint density at radius 2 is 1.53 bits per heavy atom. The summed E-state index contributed by atoms with van der Waals surface area (Å²) < 4.78 is 0. The molecule has 0 fully saturated rings. The van der Waals surface area contributed by atoms with Crippen LogP contribution in [0, 0.1) is 0 Å². The quantitative estimate of drug-likeness (QED) is 0.883. The maximum absolute atomic E-state index is 10.4. The second-order valence-electron chi connectivity index (χ2n) is 4.06. The van der Waals surface area contributed by atoms with Crippen molar-refractivity contribution in [3.63, 3.8) is 0 Å². The fraction of sp³-hybridized carbons (Fsp3) is 0.133. The van der Waals surface area contributed by atoms with Gasteiger partial charge in [0.05, 0.1) is 6.54 Å². The molecule has 2 aromatic carbocycles. The highest BCUT2D eigenvalue weighted by molar-refractivity contribution is 5.85. The fourth-order valence-electron chi connectivity index (χ4n) is 1.76. The highest BCUT2D eigenvalue weighted by atomic mass is 35.5. The van der Waals surface area contributed by atoms with Gasteiger partial charge in [0.25, 0.3) is 0 Å². The monoisotopic (exact) mass is 277 g/mol. The van der Waals surface area contributed by atoms with Gasteiger partial charge < -0.3 is 10.4 Å². The molecule has 0 unspecified atom stereocenters. The second kappa shape index (κ2) is 7.56. The van der Waals surface area contributed by atoms with Crippen LogP contribution >= 0.6 is 12.4 Å². The lowest BCUT2D eigenvalue weighted by Gasteiger charge is -2.05. The first kappa shape index (κ1) is 15.2. The zero-order valence-electron chi connectivity index (χ0n) is 10.4. The summed E-state index contributed by atoms with van der Waals surface area (Å²) >= 11 is 0. The van der Waals surface area contributed by atoms with E-state index in [1.807, 2.05) is 42.5 Å². The molecule has 0 atom stereocenters. The number of hydrogen-bond donors (Lipinski definition) is 2. The SMILES string of the molecule is Cl.O=C(O)CNCc1ccc(-c2ccccc2)cc1. The minimum atomic E-state index is -0.837. The van der Waals surface area contributed by atoms with Crippen LogP contribution in [-0.4, -0.2) is 17.6 Å². The lowest BCUT2D eigenvalue weighted by atomic mass is 10.0. The normalized spacial score (nSPS) is 9.68. The zero-order chi connectivity index (χ0) is 12.8. The number of hydrogen-bond acceptors (Lipinski definition) is 2. The van der Waals surface area contributed by atoms with Crippen LogP contribution in [0.25, 0.3) is 11.1 Å². The minimum absolute atomic E-state index is 0. The Morgan fingerprint density at radius 3 is 2.11 bits per heavy atom. The molecule has 0 amide bonds. The van der Waals surface area contributed by atoms with Gasteiger partial charge >= 0.3 is 5.97 Å². The molecule has 0 saturated carbocycles. The van der Waals surface area contributed by atoms with Gasteiger partial charge in [-0.05, 0) is 16.7 Å². The van der Waals surface area contributed by atoms with Crippen LogP contribution in [0.4, 0.5) is 0 Å². The van der Waals surface area contributed by atoms with Crippen molar-refractivity contribution < 1.29 is 9.90 Å². The fourth-order valence-corrected chi connectivity index (χ4v) is 1.76. The first-order valence-electron chi connectivity index (χ1n) is 5.82. The lowest BCUT2D eigenvalue weighted by molar-refractivity contribution is -0.135. The molecule has 2 aromatic rings. The van der Waals surface area contributed by atoms with Crippen LogP contribution in [0.5, 0.6) is 0 Å². The smallest absolute Gasteiger partial charge is 0.317 e. The van der Waals surface area contributed by atoms with E-state index in [9.17, 15) is 4.79 Å². The molecule has 19 heavy (non-hydrogen) atoms. The molecule has 0 bridgehead atoms. The first-order valence-corrected chi connectivity index (χ1v) is 5.82. The van der Waals surface area contributed by atoms with Crippen LogP contribution in [0.15, 0.2) is 54.6 Å². The summed E-state index contributed by atoms with van der Waals surface area (Å²) in [4.78, 5) is 10.4. The Balaban J connectivity index is 0.00000180. The summed E-state index contributed by atoms with van der Waals surface area (Å²) in [6.07, 6.45) is 0. The number of halogens is 1. The van der Waals surface area contributed by atoms with Crippen LogP contribution in [0.3, 0.4) is 0 Å². The number of nitrogens with one attached hydrogen (secondary N) is 1. The van der Waals surface area contributed by atoms with E-state index in [1.165, 1.54) is 5.56 Å². The molecule has 0 aliphatic carbocycles. The summed E-state index contributed by atoms with van der Waals surface area (Å²) in [5, 5.41) is 11.4. The Labute approximate surface area is 118 Å². The molecule has 0 spiro atoms. The molecule has 2 rings (SSSR count). The topological polar surface area (TPSA) is 49.3 Å². The highest BCUT2D eigenvalue weighted by Crippen LogP contribution is 2.18. The van der Waals surface area contributed by atoms with E-state index in [-0.39, 0.29) is 19.0 Å². The standard InChI is InChI=1S/C15H15NO2.ClH/c17-15(18)11-16-10-12-6-8-14(9-7-12)13-4-2-1-3-5-13;/h1-9,16H,10-11H2,(H,17,18);1H. The van der Waals surface area contributed by atoms with E-state index in [4.69, 9.17) is 5.11 Å². The van der Waals surface area contributed by atoms with E-state index in [0.29, 0.717) is 6.54 Å². The lowest BCUT2D eigenvalue weighted by Crippen LogP contribution is -2.21. The average Bonchev–Trinajstić information content (AvgIpc) is 2.40. The van der Waals surface area contributed by atoms with Gasteiger partial charge in [-0.2, -0.15) is 0 Å². The van der Waals surface area contributed by atoms with Crippen LogP contribution in [0.2, 0.25) is 0 Å². The predicted molar refractivity (Wildman–Crippen MR) is 78.5 cm³/mol. The summed E-state index contributed by atoms with van der Waals surface area (Å²) in [6, 6.07) is 18.3. The average molecular weight is 278 g/mol. The molecular formula is C15H16ClNO2. The van der Waals surface area contributed by atoms with Crippen molar-refractivity contribution in [2.75, 3.05) is 6.54 Å². The maximum atomic E-state index is 10.4. The zero-order valence-corrected chi connectivity index (χ0v) is 11.2. The van der Waals surface area contributed by atoms with Gasteiger partial charge in [0.15, 0.2) is 0 Å². The van der Waals surface area contributed by atoms with Crippen molar-refractivity contribution in [1.29, 1.82) is 0 Å². The summed E-state index contributed by atoms with van der Waals surface area (Å²) in [6.45, 7) is 0.557. The first-order chi connectivity index (χ1) is 8.75. The van der Waals surface area contributed by atoms with Crippen molar-refractivity contribution in [2.45, 2.75) is 6.54 Å². The van der Waals surface area contributed by atoms with E-state index < -0.39 is 5.97 Å². The van der Waals surface area contributed by atoms with Crippen molar-refractivity contribution in [3.8, 4) is 11.1 Å². The molecule has 0 saturated heterocycles. The molecule has 100 valence electrons. The van der Waals surface area contributed by atoms with Gasteiger partial charge in [-0.3, -0.25) is 4.79 Å². The Bertz CT molecular complexity index is 511. The Hall–Kier alpha value is -1.84. The van der Waals surface area contributed by atoms with Crippen molar-refractivity contribution in [2.24, 2.45) is 0 Å². The third-order valence-corrected chi connectivity index (χ3v) is 2.67. The molecule has 0 aliphatic rings. The third-order valence-electron chi connectivity index (χ3n) is 2.67. The predicted octanol–water partition coefficient (Wildman–Crippen LogP) is 2.95. The van der Waals surface area contributed by atoms with Crippen molar-refractivity contribution >= 4 is 18.4 Å². The highest BCUT2D eigenvalue weighted by Gasteiger charge is 1.99. The minimum Gasteiger partial charge on any atom is -0.480 e. The largest absolute Gasteiger partial charge is 0.480 e. The Morgan fingerprint density at radius 1 is 0.947 bits per heavy atom. The second-order valence-corrected chi connectivity index (χ2v) is 4.06. The van der Waals surface area contributed by atoms with E-state index >= 15 is 0 Å². The molecule has 0 radical (unpaired) electrons. The van der Waals surface area contributed by atoms with Crippen LogP contribution in [-0.2, 0) is 11.3 Å².